The molecule has 0 fully saturated rings. The number of nitrogens with zero attached hydrogens (tertiary/aromatic N) is 1. The SMILES string of the molecule is O=C1c2ccccc2[C@H](Nc2cc(Cl)ccc2Cl)N1Cc1ccccc1Cl. The van der Waals surface area contributed by atoms with Crippen LogP contribution in [0, 0.1) is 0 Å². The Hall–Kier alpha value is -2.20. The van der Waals surface area contributed by atoms with Crippen LogP contribution in [0.15, 0.2) is 66.7 Å². The minimum absolute atomic E-state index is 0.0545. The van der Waals surface area contributed by atoms with Gasteiger partial charge in [0.25, 0.3) is 5.91 Å². The van der Waals surface area contributed by atoms with Crippen molar-refractivity contribution in [3.63, 3.8) is 0 Å². The number of fused-ring (bicyclic) bond motifs is 1. The number of benzene rings is 3. The summed E-state index contributed by atoms with van der Waals surface area (Å²) in [6, 6.07) is 20.3. The zero-order valence-corrected chi connectivity index (χ0v) is 16.4. The summed E-state index contributed by atoms with van der Waals surface area (Å²) in [5, 5.41) is 5.10. The topological polar surface area (TPSA) is 32.3 Å². The first-order valence-corrected chi connectivity index (χ1v) is 9.53. The van der Waals surface area contributed by atoms with Gasteiger partial charge in [-0.2, -0.15) is 0 Å². The maximum absolute atomic E-state index is 13.0. The molecule has 0 radical (unpaired) electrons. The predicted molar refractivity (Wildman–Crippen MR) is 111 cm³/mol. The van der Waals surface area contributed by atoms with Crippen LogP contribution in [0.1, 0.15) is 27.7 Å². The fourth-order valence-electron chi connectivity index (χ4n) is 3.25. The summed E-state index contributed by atoms with van der Waals surface area (Å²) in [6.07, 6.45) is -0.374. The van der Waals surface area contributed by atoms with Crippen molar-refractivity contribution in [2.45, 2.75) is 12.7 Å². The number of hydrogen-bond donors (Lipinski definition) is 1. The summed E-state index contributed by atoms with van der Waals surface area (Å²) in [7, 11) is 0. The van der Waals surface area contributed by atoms with Crippen LogP contribution in [0.3, 0.4) is 0 Å². The van der Waals surface area contributed by atoms with E-state index in [2.05, 4.69) is 5.32 Å². The Labute approximate surface area is 172 Å². The highest BCUT2D eigenvalue weighted by molar-refractivity contribution is 6.35. The molecule has 0 spiro atoms. The zero-order chi connectivity index (χ0) is 19.0. The average Bonchev–Trinajstić information content (AvgIpc) is 2.92. The van der Waals surface area contributed by atoms with Gasteiger partial charge >= 0.3 is 0 Å². The summed E-state index contributed by atoms with van der Waals surface area (Å²) in [5.74, 6) is -0.0545. The number of carbonyl (C=O) groups excluding carboxylic acids is 1. The molecule has 1 amide bonds. The van der Waals surface area contributed by atoms with Crippen molar-refractivity contribution >= 4 is 46.4 Å². The summed E-state index contributed by atoms with van der Waals surface area (Å²) in [6.45, 7) is 0.378. The van der Waals surface area contributed by atoms with Crippen molar-refractivity contribution < 1.29 is 4.79 Å². The quantitative estimate of drug-likeness (QED) is 0.531. The number of hydrogen-bond acceptors (Lipinski definition) is 2. The van der Waals surface area contributed by atoms with Gasteiger partial charge in [0.05, 0.1) is 10.7 Å². The van der Waals surface area contributed by atoms with E-state index in [-0.39, 0.29) is 12.1 Å². The van der Waals surface area contributed by atoms with E-state index in [0.717, 1.165) is 11.1 Å². The number of anilines is 1. The Balaban J connectivity index is 1.74. The van der Waals surface area contributed by atoms with E-state index >= 15 is 0 Å². The van der Waals surface area contributed by atoms with Crippen molar-refractivity contribution in [2.24, 2.45) is 0 Å². The maximum Gasteiger partial charge on any atom is 0.256 e. The van der Waals surface area contributed by atoms with Crippen molar-refractivity contribution in [2.75, 3.05) is 5.32 Å². The molecule has 3 aromatic rings. The molecular weight excluding hydrogens is 403 g/mol. The average molecular weight is 418 g/mol. The molecule has 4 rings (SSSR count). The lowest BCUT2D eigenvalue weighted by molar-refractivity contribution is 0.0729. The molecule has 0 aliphatic carbocycles. The first kappa shape index (κ1) is 18.2. The van der Waals surface area contributed by atoms with Gasteiger partial charge in [-0.1, -0.05) is 71.2 Å². The number of carbonyl (C=O) groups is 1. The van der Waals surface area contributed by atoms with Gasteiger partial charge in [-0.3, -0.25) is 4.79 Å². The van der Waals surface area contributed by atoms with Crippen LogP contribution < -0.4 is 5.32 Å². The van der Waals surface area contributed by atoms with Gasteiger partial charge in [0, 0.05) is 27.7 Å². The minimum Gasteiger partial charge on any atom is -0.360 e. The Bertz CT molecular complexity index is 1020. The summed E-state index contributed by atoms with van der Waals surface area (Å²) in [5.41, 5.74) is 3.11. The molecule has 0 saturated heterocycles. The minimum atomic E-state index is -0.374. The molecule has 3 aromatic carbocycles. The van der Waals surface area contributed by atoms with Gasteiger partial charge in [0.1, 0.15) is 6.17 Å². The second-order valence-corrected chi connectivity index (χ2v) is 7.53. The van der Waals surface area contributed by atoms with Crippen molar-refractivity contribution in [1.29, 1.82) is 0 Å². The van der Waals surface area contributed by atoms with Gasteiger partial charge in [0.2, 0.25) is 0 Å². The van der Waals surface area contributed by atoms with Crippen LogP contribution in [-0.4, -0.2) is 10.8 Å². The van der Waals surface area contributed by atoms with Gasteiger partial charge in [0.15, 0.2) is 0 Å². The van der Waals surface area contributed by atoms with Crippen LogP contribution in [0.25, 0.3) is 0 Å². The van der Waals surface area contributed by atoms with Gasteiger partial charge in [-0.25, -0.2) is 0 Å². The monoisotopic (exact) mass is 416 g/mol. The second kappa shape index (κ2) is 7.43. The van der Waals surface area contributed by atoms with Crippen molar-refractivity contribution in [3.8, 4) is 0 Å². The van der Waals surface area contributed by atoms with Crippen LogP contribution in [-0.2, 0) is 6.54 Å². The summed E-state index contributed by atoms with van der Waals surface area (Å²) < 4.78 is 0. The fraction of sp³-hybridized carbons (Fsp3) is 0.0952. The van der Waals surface area contributed by atoms with Crippen LogP contribution in [0.4, 0.5) is 5.69 Å². The third-order valence-electron chi connectivity index (χ3n) is 4.58. The highest BCUT2D eigenvalue weighted by Gasteiger charge is 2.36. The van der Waals surface area contributed by atoms with Crippen LogP contribution in [0.2, 0.25) is 15.1 Å². The highest BCUT2D eigenvalue weighted by atomic mass is 35.5. The molecule has 0 aromatic heterocycles. The maximum atomic E-state index is 13.0. The number of amides is 1. The third-order valence-corrected chi connectivity index (χ3v) is 5.51. The largest absolute Gasteiger partial charge is 0.360 e. The number of halogens is 3. The van der Waals surface area contributed by atoms with E-state index in [1.807, 2.05) is 48.5 Å². The normalized spacial score (nSPS) is 15.7. The summed E-state index contributed by atoms with van der Waals surface area (Å²) in [4.78, 5) is 14.8. The van der Waals surface area contributed by atoms with Gasteiger partial charge < -0.3 is 10.2 Å². The lowest BCUT2D eigenvalue weighted by Crippen LogP contribution is -2.32. The Morgan fingerprint density at radius 3 is 2.44 bits per heavy atom. The number of rotatable bonds is 4. The highest BCUT2D eigenvalue weighted by Crippen LogP contribution is 2.38. The van der Waals surface area contributed by atoms with Crippen molar-refractivity contribution in [3.05, 3.63) is 98.5 Å². The Morgan fingerprint density at radius 2 is 1.63 bits per heavy atom. The third kappa shape index (κ3) is 3.51. The molecule has 0 bridgehead atoms. The molecule has 1 aliphatic heterocycles. The molecule has 1 aliphatic rings. The van der Waals surface area contributed by atoms with Crippen LogP contribution >= 0.6 is 34.8 Å². The molecule has 0 saturated carbocycles. The molecule has 136 valence electrons. The predicted octanol–water partition coefficient (Wildman–Crippen LogP) is 6.41. The van der Waals surface area contributed by atoms with E-state index < -0.39 is 0 Å². The Morgan fingerprint density at radius 1 is 0.889 bits per heavy atom. The molecule has 1 atom stereocenters. The molecule has 1 heterocycles. The fourth-order valence-corrected chi connectivity index (χ4v) is 3.79. The van der Waals surface area contributed by atoms with E-state index in [4.69, 9.17) is 34.8 Å². The molecule has 27 heavy (non-hydrogen) atoms. The first-order valence-electron chi connectivity index (χ1n) is 8.39. The Kier molecular flexibility index (Phi) is 5.00. The molecular formula is C21H15Cl3N2O. The van der Waals surface area contributed by atoms with Crippen LogP contribution in [0.5, 0.6) is 0 Å². The first-order chi connectivity index (χ1) is 13.0. The van der Waals surface area contributed by atoms with E-state index in [0.29, 0.717) is 32.9 Å². The van der Waals surface area contributed by atoms with Crippen molar-refractivity contribution in [1.82, 2.24) is 4.90 Å². The lowest BCUT2D eigenvalue weighted by atomic mass is 10.1. The van der Waals surface area contributed by atoms with E-state index in [1.54, 1.807) is 23.1 Å². The lowest BCUT2D eigenvalue weighted by Gasteiger charge is -2.28. The van der Waals surface area contributed by atoms with Gasteiger partial charge in [-0.05, 0) is 35.9 Å². The van der Waals surface area contributed by atoms with E-state index in [1.165, 1.54) is 0 Å². The van der Waals surface area contributed by atoms with E-state index in [9.17, 15) is 4.79 Å². The standard InChI is InChI=1S/C21H15Cl3N2O/c22-14-9-10-18(24)19(11-14)25-20-15-6-2-3-7-16(15)21(27)26(20)12-13-5-1-4-8-17(13)23/h1-11,20,25H,12H2/t20-/m1/s1. The number of nitrogens with one attached hydrogen (secondary N) is 1. The molecule has 1 N–H and O–H groups in total. The zero-order valence-electron chi connectivity index (χ0n) is 14.1. The second-order valence-electron chi connectivity index (χ2n) is 6.28. The molecule has 6 heteroatoms. The molecule has 0 unspecified atom stereocenters. The summed E-state index contributed by atoms with van der Waals surface area (Å²) >= 11 is 18.8. The van der Waals surface area contributed by atoms with Gasteiger partial charge in [-0.15, -0.1) is 0 Å². The molecule has 3 nitrogen and oxygen atoms in total. The smallest absolute Gasteiger partial charge is 0.256 e.